The lowest BCUT2D eigenvalue weighted by Gasteiger charge is -2.05. The van der Waals surface area contributed by atoms with Crippen molar-refractivity contribution in [1.29, 1.82) is 0 Å². The standard InChI is InChI=1S/C12H10N4O2S2/c1-18-11(17)15-16-7-14-9-6-8(2-3-10(9)16)20-12-13-4-5-19-12/h2-7H,1H3,(H,15,17). The number of rotatable bonds is 3. The number of hydrogen-bond donors (Lipinski definition) is 1. The van der Waals surface area contributed by atoms with Gasteiger partial charge in [0.1, 0.15) is 6.33 Å². The molecule has 102 valence electrons. The predicted molar refractivity (Wildman–Crippen MR) is 77.7 cm³/mol. The van der Waals surface area contributed by atoms with E-state index in [1.165, 1.54) is 11.8 Å². The van der Waals surface area contributed by atoms with E-state index in [4.69, 9.17) is 0 Å². The number of nitrogens with zero attached hydrogens (tertiary/aromatic N) is 3. The number of benzene rings is 1. The number of fused-ring (bicyclic) bond motifs is 1. The van der Waals surface area contributed by atoms with E-state index < -0.39 is 6.09 Å². The molecule has 0 aliphatic carbocycles. The van der Waals surface area contributed by atoms with Crippen LogP contribution in [0.4, 0.5) is 4.79 Å². The van der Waals surface area contributed by atoms with E-state index in [0.717, 1.165) is 20.3 Å². The summed E-state index contributed by atoms with van der Waals surface area (Å²) in [5.41, 5.74) is 4.15. The molecule has 0 saturated carbocycles. The molecule has 0 unspecified atom stereocenters. The molecule has 0 radical (unpaired) electrons. The van der Waals surface area contributed by atoms with Gasteiger partial charge in [-0.1, -0.05) is 11.8 Å². The van der Waals surface area contributed by atoms with Crippen molar-refractivity contribution >= 4 is 40.2 Å². The molecule has 1 aromatic carbocycles. The van der Waals surface area contributed by atoms with Gasteiger partial charge in [-0.2, -0.15) is 0 Å². The molecule has 0 spiro atoms. The highest BCUT2D eigenvalue weighted by molar-refractivity contribution is 8.01. The van der Waals surface area contributed by atoms with Crippen molar-refractivity contribution in [3.63, 3.8) is 0 Å². The molecule has 3 rings (SSSR count). The Balaban J connectivity index is 1.87. The van der Waals surface area contributed by atoms with Crippen LogP contribution in [0.1, 0.15) is 0 Å². The number of methoxy groups -OCH3 is 1. The van der Waals surface area contributed by atoms with E-state index in [0.29, 0.717) is 0 Å². The first kappa shape index (κ1) is 12.9. The monoisotopic (exact) mass is 306 g/mol. The molecule has 1 N–H and O–H groups in total. The quantitative estimate of drug-likeness (QED) is 0.805. The van der Waals surface area contributed by atoms with E-state index in [-0.39, 0.29) is 0 Å². The summed E-state index contributed by atoms with van der Waals surface area (Å²) in [6, 6.07) is 5.82. The van der Waals surface area contributed by atoms with Crippen molar-refractivity contribution in [3.05, 3.63) is 36.1 Å². The predicted octanol–water partition coefficient (Wildman–Crippen LogP) is 2.95. The fourth-order valence-corrected chi connectivity index (χ4v) is 3.28. The van der Waals surface area contributed by atoms with Crippen LogP contribution in [-0.2, 0) is 4.74 Å². The van der Waals surface area contributed by atoms with Gasteiger partial charge in [0.05, 0.1) is 18.1 Å². The second-order valence-electron chi connectivity index (χ2n) is 3.77. The lowest BCUT2D eigenvalue weighted by molar-refractivity contribution is 0.183. The lowest BCUT2D eigenvalue weighted by Crippen LogP contribution is -2.21. The first-order valence-corrected chi connectivity index (χ1v) is 7.35. The number of amides is 1. The van der Waals surface area contributed by atoms with Crippen LogP contribution in [-0.4, -0.2) is 27.8 Å². The van der Waals surface area contributed by atoms with E-state index in [9.17, 15) is 4.79 Å². The van der Waals surface area contributed by atoms with Gasteiger partial charge in [0.25, 0.3) is 0 Å². The Morgan fingerprint density at radius 2 is 2.35 bits per heavy atom. The van der Waals surface area contributed by atoms with E-state index in [1.807, 2.05) is 23.6 Å². The third-order valence-electron chi connectivity index (χ3n) is 2.53. The summed E-state index contributed by atoms with van der Waals surface area (Å²) in [6.45, 7) is 0. The molecule has 8 heteroatoms. The Kier molecular flexibility index (Phi) is 3.57. The first-order chi connectivity index (χ1) is 9.76. The summed E-state index contributed by atoms with van der Waals surface area (Å²) in [5.74, 6) is 0. The number of carbonyl (C=O) groups is 1. The molecule has 0 saturated heterocycles. The number of aromatic nitrogens is 3. The van der Waals surface area contributed by atoms with Crippen LogP contribution in [0.15, 0.2) is 45.3 Å². The average Bonchev–Trinajstić information content (AvgIpc) is 3.09. The van der Waals surface area contributed by atoms with E-state index >= 15 is 0 Å². The van der Waals surface area contributed by atoms with Crippen LogP contribution in [0.3, 0.4) is 0 Å². The van der Waals surface area contributed by atoms with E-state index in [2.05, 4.69) is 20.1 Å². The van der Waals surface area contributed by atoms with Gasteiger partial charge in [-0.05, 0) is 18.2 Å². The van der Waals surface area contributed by atoms with Crippen molar-refractivity contribution in [1.82, 2.24) is 14.6 Å². The summed E-state index contributed by atoms with van der Waals surface area (Å²) in [5, 5.41) is 1.94. The van der Waals surface area contributed by atoms with Crippen LogP contribution < -0.4 is 5.43 Å². The molecule has 1 amide bonds. The maximum Gasteiger partial charge on any atom is 0.426 e. The van der Waals surface area contributed by atoms with Gasteiger partial charge < -0.3 is 4.74 Å². The number of imidazole rings is 1. The smallest absolute Gasteiger partial charge is 0.426 e. The molecular weight excluding hydrogens is 296 g/mol. The van der Waals surface area contributed by atoms with Crippen molar-refractivity contribution in [2.75, 3.05) is 12.5 Å². The average molecular weight is 306 g/mol. The van der Waals surface area contributed by atoms with Crippen molar-refractivity contribution in [2.45, 2.75) is 9.24 Å². The number of thiazole rings is 1. The van der Waals surface area contributed by atoms with Crippen LogP contribution >= 0.6 is 23.1 Å². The summed E-state index contributed by atoms with van der Waals surface area (Å²) >= 11 is 3.18. The highest BCUT2D eigenvalue weighted by atomic mass is 32.2. The Hall–Kier alpha value is -2.06. The Bertz CT molecular complexity index is 739. The van der Waals surface area contributed by atoms with Gasteiger partial charge >= 0.3 is 6.09 Å². The molecule has 0 aliphatic heterocycles. The Morgan fingerprint density at radius 1 is 1.45 bits per heavy atom. The summed E-state index contributed by atoms with van der Waals surface area (Å²) in [7, 11) is 1.32. The molecular formula is C12H10N4O2S2. The molecule has 0 bridgehead atoms. The topological polar surface area (TPSA) is 69.0 Å². The van der Waals surface area contributed by atoms with Gasteiger partial charge in [-0.25, -0.2) is 24.9 Å². The number of ether oxygens (including phenoxy) is 1. The van der Waals surface area contributed by atoms with Gasteiger partial charge in [0.15, 0.2) is 4.34 Å². The van der Waals surface area contributed by atoms with Gasteiger partial charge in [-0.3, -0.25) is 0 Å². The molecule has 0 aliphatic rings. The summed E-state index contributed by atoms with van der Waals surface area (Å²) in [6.07, 6.45) is 2.78. The molecule has 3 aromatic rings. The van der Waals surface area contributed by atoms with Gasteiger partial charge in [-0.15, -0.1) is 11.3 Å². The molecule has 0 atom stereocenters. The minimum Gasteiger partial charge on any atom is -0.452 e. The highest BCUT2D eigenvalue weighted by Gasteiger charge is 2.08. The second kappa shape index (κ2) is 5.51. The zero-order valence-electron chi connectivity index (χ0n) is 10.4. The number of carbonyl (C=O) groups excluding carboxylic acids is 1. The Labute approximate surface area is 122 Å². The van der Waals surface area contributed by atoms with Crippen LogP contribution in [0, 0.1) is 0 Å². The lowest BCUT2D eigenvalue weighted by atomic mass is 10.3. The van der Waals surface area contributed by atoms with Gasteiger partial charge in [0.2, 0.25) is 0 Å². The van der Waals surface area contributed by atoms with Gasteiger partial charge in [0, 0.05) is 16.5 Å². The molecule has 2 heterocycles. The van der Waals surface area contributed by atoms with Crippen LogP contribution in [0.2, 0.25) is 0 Å². The molecule has 0 fully saturated rings. The Morgan fingerprint density at radius 3 is 3.10 bits per heavy atom. The SMILES string of the molecule is COC(=O)Nn1cnc2cc(Sc3nccs3)ccc21. The maximum absolute atomic E-state index is 11.2. The number of hydrogen-bond acceptors (Lipinski definition) is 6. The van der Waals surface area contributed by atoms with Crippen molar-refractivity contribution in [2.24, 2.45) is 0 Å². The zero-order valence-corrected chi connectivity index (χ0v) is 12.1. The third-order valence-corrected chi connectivity index (χ3v) is 4.40. The second-order valence-corrected chi connectivity index (χ2v) is 5.98. The molecule has 20 heavy (non-hydrogen) atoms. The van der Waals surface area contributed by atoms with Crippen molar-refractivity contribution < 1.29 is 9.53 Å². The van der Waals surface area contributed by atoms with Crippen LogP contribution in [0.5, 0.6) is 0 Å². The minimum atomic E-state index is -0.537. The zero-order chi connectivity index (χ0) is 13.9. The minimum absolute atomic E-state index is 0.537. The highest BCUT2D eigenvalue weighted by Crippen LogP contribution is 2.30. The number of nitrogens with one attached hydrogen (secondary N) is 1. The van der Waals surface area contributed by atoms with Crippen molar-refractivity contribution in [3.8, 4) is 0 Å². The molecule has 2 aromatic heterocycles. The summed E-state index contributed by atoms with van der Waals surface area (Å²) in [4.78, 5) is 20.7. The third kappa shape index (κ3) is 2.61. The fourth-order valence-electron chi connectivity index (χ4n) is 1.65. The normalized spacial score (nSPS) is 10.7. The first-order valence-electron chi connectivity index (χ1n) is 5.65. The maximum atomic E-state index is 11.2. The fraction of sp³-hybridized carbons (Fsp3) is 0.0833. The summed E-state index contributed by atoms with van der Waals surface area (Å²) < 4.78 is 7.07. The largest absolute Gasteiger partial charge is 0.452 e. The van der Waals surface area contributed by atoms with E-state index in [1.54, 1.807) is 35.6 Å². The molecule has 6 nitrogen and oxygen atoms in total. The van der Waals surface area contributed by atoms with Crippen LogP contribution in [0.25, 0.3) is 11.0 Å².